The van der Waals surface area contributed by atoms with Crippen molar-refractivity contribution in [2.75, 3.05) is 18.1 Å². The molecule has 0 spiro atoms. The van der Waals surface area contributed by atoms with Crippen molar-refractivity contribution in [2.45, 2.75) is 32.5 Å². The van der Waals surface area contributed by atoms with Gasteiger partial charge in [-0.3, -0.25) is 9.69 Å². The maximum atomic E-state index is 13.5. The second kappa shape index (κ2) is 10.9. The number of nitrogens with zero attached hydrogens (tertiary/aromatic N) is 4. The molecule has 1 aliphatic rings. The number of carbonyl (C=O) groups is 2. The summed E-state index contributed by atoms with van der Waals surface area (Å²) in [6, 6.07) is 11.6. The fourth-order valence-electron chi connectivity index (χ4n) is 4.31. The van der Waals surface area contributed by atoms with Gasteiger partial charge < -0.3 is 10.1 Å². The first-order valence-electron chi connectivity index (χ1n) is 11.8. The lowest BCUT2D eigenvalue weighted by atomic mass is 9.93. The number of aromatic nitrogens is 3. The number of fused-ring (bicyclic) bond motifs is 1. The molecule has 10 nitrogen and oxygen atoms in total. The number of alkyl halides is 3. The summed E-state index contributed by atoms with van der Waals surface area (Å²) in [6.45, 7) is 3.08. The van der Waals surface area contributed by atoms with Crippen LogP contribution in [-0.2, 0) is 20.5 Å². The number of hydrogen-bond acceptors (Lipinski definition) is 7. The number of halogens is 3. The number of aromatic amines is 1. The lowest BCUT2D eigenvalue weighted by Crippen LogP contribution is -2.38. The first-order chi connectivity index (χ1) is 18.5. The highest BCUT2D eigenvalue weighted by molar-refractivity contribution is 5.93. The third-order valence-corrected chi connectivity index (χ3v) is 6.08. The molecule has 0 fully saturated rings. The summed E-state index contributed by atoms with van der Waals surface area (Å²) in [6.07, 6.45) is -4.32. The van der Waals surface area contributed by atoms with Crippen LogP contribution < -0.4 is 15.9 Å². The predicted octanol–water partition coefficient (Wildman–Crippen LogP) is 3.55. The van der Waals surface area contributed by atoms with Crippen LogP contribution in [0, 0.1) is 11.3 Å². The molecule has 1 unspecified atom stereocenters. The van der Waals surface area contributed by atoms with Crippen LogP contribution in [0.3, 0.4) is 0 Å². The van der Waals surface area contributed by atoms with Gasteiger partial charge in [-0.1, -0.05) is 18.2 Å². The zero-order valence-electron chi connectivity index (χ0n) is 20.9. The number of hydrogen-bond donors (Lipinski definition) is 2. The number of amides is 1. The van der Waals surface area contributed by atoms with Crippen LogP contribution in [0.4, 0.5) is 24.8 Å². The Bertz CT molecular complexity index is 1530. The summed E-state index contributed by atoms with van der Waals surface area (Å²) in [5.74, 6) is -1.08. The van der Waals surface area contributed by atoms with Gasteiger partial charge in [0.25, 0.3) is 0 Å². The smallest absolute Gasteiger partial charge is 0.416 e. The lowest BCUT2D eigenvalue weighted by Gasteiger charge is -2.35. The Kier molecular flexibility index (Phi) is 7.57. The first-order valence-corrected chi connectivity index (χ1v) is 11.8. The van der Waals surface area contributed by atoms with E-state index in [0.29, 0.717) is 17.5 Å². The number of ether oxygens (including phenoxy) is 1. The topological polar surface area (TPSA) is 133 Å². The van der Waals surface area contributed by atoms with Gasteiger partial charge in [0.2, 0.25) is 11.9 Å². The molecule has 13 heteroatoms. The Morgan fingerprint density at radius 1 is 1.21 bits per heavy atom. The van der Waals surface area contributed by atoms with E-state index in [1.165, 1.54) is 43.0 Å². The van der Waals surface area contributed by atoms with Gasteiger partial charge in [-0.2, -0.15) is 18.4 Å². The zero-order chi connectivity index (χ0) is 28.3. The molecule has 0 aliphatic carbocycles. The van der Waals surface area contributed by atoms with E-state index in [0.717, 1.165) is 16.7 Å². The minimum atomic E-state index is -4.63. The molecule has 2 N–H and O–H groups in total. The molecule has 2 aromatic carbocycles. The normalized spacial score (nSPS) is 15.0. The number of allylic oxidation sites excluding steroid dienone is 1. The van der Waals surface area contributed by atoms with Crippen LogP contribution in [0.25, 0.3) is 0 Å². The third kappa shape index (κ3) is 5.54. The molecule has 0 bridgehead atoms. The second-order valence-corrected chi connectivity index (χ2v) is 8.69. The van der Waals surface area contributed by atoms with Gasteiger partial charge >= 0.3 is 17.8 Å². The maximum absolute atomic E-state index is 13.5. The summed E-state index contributed by atoms with van der Waals surface area (Å²) < 4.78 is 47.1. The van der Waals surface area contributed by atoms with Crippen LogP contribution >= 0.6 is 0 Å². The van der Waals surface area contributed by atoms with Crippen molar-refractivity contribution in [3.8, 4) is 6.07 Å². The van der Waals surface area contributed by atoms with E-state index < -0.39 is 29.4 Å². The molecule has 1 aliphatic heterocycles. The SMILES string of the molecule is CC(=O)NCCCOC(=O)C1=C(C)N(c2cccc(C(F)(F)F)c2)c2n[nH]c(=O)n2C1c1ccc(C#N)cc1. The van der Waals surface area contributed by atoms with Crippen molar-refractivity contribution in [3.05, 3.63) is 87.0 Å². The number of esters is 1. The van der Waals surface area contributed by atoms with E-state index in [2.05, 4.69) is 15.5 Å². The number of benzene rings is 2. The number of H-pyrrole nitrogens is 1. The Hall–Kier alpha value is -4.86. The van der Waals surface area contributed by atoms with Crippen LogP contribution in [0.1, 0.15) is 43.0 Å². The zero-order valence-corrected chi connectivity index (χ0v) is 20.9. The number of rotatable bonds is 7. The number of nitrogens with one attached hydrogen (secondary N) is 2. The van der Waals surface area contributed by atoms with E-state index in [9.17, 15) is 32.8 Å². The van der Waals surface area contributed by atoms with E-state index in [1.807, 2.05) is 6.07 Å². The highest BCUT2D eigenvalue weighted by Crippen LogP contribution is 2.42. The summed E-state index contributed by atoms with van der Waals surface area (Å²) in [5.41, 5.74) is -0.616. The molecular formula is C26H23F3N6O4. The van der Waals surface area contributed by atoms with Crippen molar-refractivity contribution < 1.29 is 27.5 Å². The molecule has 1 atom stereocenters. The van der Waals surface area contributed by atoms with Crippen molar-refractivity contribution in [2.24, 2.45) is 0 Å². The molecule has 3 aromatic rings. The van der Waals surface area contributed by atoms with Crippen molar-refractivity contribution in [1.82, 2.24) is 20.1 Å². The molecule has 1 aromatic heterocycles. The molecule has 4 rings (SSSR count). The van der Waals surface area contributed by atoms with E-state index in [4.69, 9.17) is 4.74 Å². The fraction of sp³-hybridized carbons (Fsp3) is 0.269. The van der Waals surface area contributed by atoms with Gasteiger partial charge in [0.1, 0.15) is 6.04 Å². The summed E-state index contributed by atoms with van der Waals surface area (Å²) >= 11 is 0. The van der Waals surface area contributed by atoms with E-state index >= 15 is 0 Å². The molecular weight excluding hydrogens is 517 g/mol. The average molecular weight is 541 g/mol. The Labute approximate surface area is 220 Å². The minimum absolute atomic E-state index is 0.00681. The molecule has 0 saturated heterocycles. The average Bonchev–Trinajstić information content (AvgIpc) is 3.27. The van der Waals surface area contributed by atoms with Crippen LogP contribution in [0.15, 0.2) is 64.6 Å². The van der Waals surface area contributed by atoms with Gasteiger partial charge in [0.05, 0.1) is 29.4 Å². The van der Waals surface area contributed by atoms with Crippen molar-refractivity contribution in [1.29, 1.82) is 5.26 Å². The minimum Gasteiger partial charge on any atom is -0.462 e. The Morgan fingerprint density at radius 2 is 1.92 bits per heavy atom. The molecule has 39 heavy (non-hydrogen) atoms. The molecule has 0 saturated carbocycles. The van der Waals surface area contributed by atoms with Crippen molar-refractivity contribution >= 4 is 23.5 Å². The third-order valence-electron chi connectivity index (χ3n) is 6.08. The Morgan fingerprint density at radius 3 is 2.56 bits per heavy atom. The van der Waals surface area contributed by atoms with Crippen LogP contribution in [0.2, 0.25) is 0 Å². The first kappa shape index (κ1) is 27.2. The monoisotopic (exact) mass is 540 g/mol. The standard InChI is InChI=1S/C26H23F3N6O4/c1-15-21(23(37)39-12-4-11-31-16(2)36)22(18-9-7-17(14-30)8-10-18)35-24(32-33-25(35)38)34(15)20-6-3-5-19(13-20)26(27,28)29/h3,5-10,13,22H,4,11-12H2,1-2H3,(H,31,36)(H,33,38). The van der Waals surface area contributed by atoms with Gasteiger partial charge in [0, 0.05) is 24.9 Å². The Balaban J connectivity index is 1.84. The lowest BCUT2D eigenvalue weighted by molar-refractivity contribution is -0.140. The molecule has 0 radical (unpaired) electrons. The van der Waals surface area contributed by atoms with Gasteiger partial charge in [-0.05, 0) is 49.2 Å². The van der Waals surface area contributed by atoms with Gasteiger partial charge in [-0.25, -0.2) is 19.3 Å². The molecule has 2 heterocycles. The largest absolute Gasteiger partial charge is 0.462 e. The van der Waals surface area contributed by atoms with E-state index in [1.54, 1.807) is 12.1 Å². The van der Waals surface area contributed by atoms with Crippen molar-refractivity contribution in [3.63, 3.8) is 0 Å². The summed E-state index contributed by atoms with van der Waals surface area (Å²) in [4.78, 5) is 38.8. The highest BCUT2D eigenvalue weighted by Gasteiger charge is 2.40. The van der Waals surface area contributed by atoms with Crippen LogP contribution in [0.5, 0.6) is 0 Å². The molecule has 202 valence electrons. The quantitative estimate of drug-likeness (QED) is 0.346. The maximum Gasteiger partial charge on any atom is 0.416 e. The number of carbonyl (C=O) groups excluding carboxylic acids is 2. The highest BCUT2D eigenvalue weighted by atomic mass is 19.4. The van der Waals surface area contributed by atoms with Gasteiger partial charge in [-0.15, -0.1) is 5.10 Å². The number of nitriles is 1. The summed E-state index contributed by atoms with van der Waals surface area (Å²) in [7, 11) is 0. The summed E-state index contributed by atoms with van der Waals surface area (Å²) in [5, 5.41) is 18.2. The molecule has 1 amide bonds. The van der Waals surface area contributed by atoms with Gasteiger partial charge in [0.15, 0.2) is 0 Å². The van der Waals surface area contributed by atoms with Crippen LogP contribution in [-0.4, -0.2) is 39.8 Å². The second-order valence-electron chi connectivity index (χ2n) is 8.69. The fourth-order valence-corrected chi connectivity index (χ4v) is 4.31. The number of anilines is 2. The van der Waals surface area contributed by atoms with E-state index in [-0.39, 0.29) is 42.0 Å². The predicted molar refractivity (Wildman–Crippen MR) is 133 cm³/mol.